The van der Waals surface area contributed by atoms with Gasteiger partial charge >= 0.3 is 0 Å². The summed E-state index contributed by atoms with van der Waals surface area (Å²) in [5.41, 5.74) is 2.50. The van der Waals surface area contributed by atoms with E-state index in [0.717, 1.165) is 21.9 Å². The molecule has 150 valence electrons. The number of amidine groups is 1. The van der Waals surface area contributed by atoms with Gasteiger partial charge in [0, 0.05) is 10.6 Å². The number of carbonyl (C=O) groups is 1. The third kappa shape index (κ3) is 3.62. The molecule has 1 heterocycles. The molecule has 0 N–H and O–H groups in total. The van der Waals surface area contributed by atoms with Crippen LogP contribution in [-0.2, 0) is 4.79 Å². The number of carbonyl (C=O) groups excluding carboxylic acids is 1. The van der Waals surface area contributed by atoms with Crippen LogP contribution in [0, 0.1) is 5.82 Å². The fraction of sp³-hybridized carbons (Fsp3) is 0. The summed E-state index contributed by atoms with van der Waals surface area (Å²) in [5, 5.41) is 2.71. The van der Waals surface area contributed by atoms with Crippen molar-refractivity contribution in [2.24, 2.45) is 4.99 Å². The van der Waals surface area contributed by atoms with Crippen molar-refractivity contribution in [1.29, 1.82) is 0 Å². The van der Waals surface area contributed by atoms with Gasteiger partial charge in [-0.15, -0.1) is 0 Å². The largest absolute Gasteiger partial charge is 0.282 e. The lowest BCUT2D eigenvalue weighted by Gasteiger charge is -2.18. The highest BCUT2D eigenvalue weighted by molar-refractivity contribution is 6.34. The van der Waals surface area contributed by atoms with Gasteiger partial charge in [-0.3, -0.25) is 9.69 Å². The van der Waals surface area contributed by atoms with Gasteiger partial charge < -0.3 is 0 Å². The van der Waals surface area contributed by atoms with E-state index < -0.39 is 0 Å². The van der Waals surface area contributed by atoms with Crippen LogP contribution in [0.3, 0.4) is 0 Å². The van der Waals surface area contributed by atoms with Crippen molar-refractivity contribution in [2.75, 3.05) is 4.90 Å². The standard InChI is InChI=1S/C26H16ClFN2O/c27-20-10-8-18(9-11-20)25-29-24(26(31)30(25)22-14-12-21(28)13-15-22)16-19-6-3-5-17-4-1-2-7-23(17)19/h1-16H/b24-16+. The minimum Gasteiger partial charge on any atom is -0.266 e. The van der Waals surface area contributed by atoms with E-state index in [4.69, 9.17) is 11.6 Å². The molecule has 0 radical (unpaired) electrons. The number of aliphatic imine (C=N–C) groups is 1. The van der Waals surface area contributed by atoms with Gasteiger partial charge in [0.25, 0.3) is 5.91 Å². The first-order valence-electron chi connectivity index (χ1n) is 9.74. The average Bonchev–Trinajstić information content (AvgIpc) is 3.11. The number of nitrogens with zero attached hydrogens (tertiary/aromatic N) is 2. The summed E-state index contributed by atoms with van der Waals surface area (Å²) in [5.74, 6) is -0.170. The zero-order valence-electron chi connectivity index (χ0n) is 16.3. The first kappa shape index (κ1) is 19.2. The molecule has 0 atom stereocenters. The Balaban J connectivity index is 1.66. The number of fused-ring (bicyclic) bond motifs is 1. The molecular formula is C26H16ClFN2O. The van der Waals surface area contributed by atoms with Gasteiger partial charge in [0.15, 0.2) is 0 Å². The van der Waals surface area contributed by atoms with E-state index in [0.29, 0.717) is 22.2 Å². The van der Waals surface area contributed by atoms with Gasteiger partial charge in [0.1, 0.15) is 17.3 Å². The summed E-state index contributed by atoms with van der Waals surface area (Å²) in [7, 11) is 0. The minimum atomic E-state index is -0.369. The predicted molar refractivity (Wildman–Crippen MR) is 124 cm³/mol. The summed E-state index contributed by atoms with van der Waals surface area (Å²) in [6.45, 7) is 0. The quantitative estimate of drug-likeness (QED) is 0.346. The normalized spacial score (nSPS) is 15.0. The van der Waals surface area contributed by atoms with Gasteiger partial charge in [0.2, 0.25) is 0 Å². The Hall–Kier alpha value is -3.76. The first-order chi connectivity index (χ1) is 15.1. The van der Waals surface area contributed by atoms with Gasteiger partial charge in [0.05, 0.1) is 5.69 Å². The second-order valence-electron chi connectivity index (χ2n) is 7.16. The van der Waals surface area contributed by atoms with E-state index in [1.807, 2.05) is 54.6 Å². The predicted octanol–water partition coefficient (Wildman–Crippen LogP) is 6.47. The molecule has 3 nitrogen and oxygen atoms in total. The van der Waals surface area contributed by atoms with Crippen molar-refractivity contribution in [3.8, 4) is 0 Å². The van der Waals surface area contributed by atoms with Gasteiger partial charge in [-0.1, -0.05) is 54.1 Å². The van der Waals surface area contributed by atoms with E-state index in [2.05, 4.69) is 4.99 Å². The maximum atomic E-state index is 13.5. The molecule has 4 aromatic carbocycles. The molecule has 0 bridgehead atoms. The Kier molecular flexibility index (Phi) is 4.85. The summed E-state index contributed by atoms with van der Waals surface area (Å²) >= 11 is 6.04. The van der Waals surface area contributed by atoms with E-state index in [9.17, 15) is 9.18 Å². The van der Waals surface area contributed by atoms with E-state index >= 15 is 0 Å². The molecule has 5 heteroatoms. The Labute approximate surface area is 183 Å². The van der Waals surface area contributed by atoms with E-state index in [1.165, 1.54) is 17.0 Å². The molecular weight excluding hydrogens is 411 g/mol. The van der Waals surface area contributed by atoms with Crippen LogP contribution in [0.5, 0.6) is 0 Å². The van der Waals surface area contributed by atoms with E-state index in [1.54, 1.807) is 30.3 Å². The number of rotatable bonds is 3. The maximum absolute atomic E-state index is 13.5. The number of hydrogen-bond acceptors (Lipinski definition) is 2. The zero-order valence-corrected chi connectivity index (χ0v) is 17.1. The first-order valence-corrected chi connectivity index (χ1v) is 10.1. The van der Waals surface area contributed by atoms with Crippen molar-refractivity contribution in [2.45, 2.75) is 0 Å². The smallest absolute Gasteiger partial charge is 0.266 e. The average molecular weight is 427 g/mol. The monoisotopic (exact) mass is 426 g/mol. The fourth-order valence-corrected chi connectivity index (χ4v) is 3.79. The van der Waals surface area contributed by atoms with Crippen LogP contribution in [-0.4, -0.2) is 11.7 Å². The Morgan fingerprint density at radius 1 is 0.839 bits per heavy atom. The number of halogens is 2. The molecule has 0 aromatic heterocycles. The second-order valence-corrected chi connectivity index (χ2v) is 7.59. The third-order valence-corrected chi connectivity index (χ3v) is 5.42. The van der Waals surface area contributed by atoms with Crippen LogP contribution in [0.4, 0.5) is 10.1 Å². The van der Waals surface area contributed by atoms with Crippen LogP contribution < -0.4 is 4.90 Å². The van der Waals surface area contributed by atoms with Crippen molar-refractivity contribution >= 4 is 45.9 Å². The highest BCUT2D eigenvalue weighted by Gasteiger charge is 2.32. The number of hydrogen-bond donors (Lipinski definition) is 0. The second kappa shape index (κ2) is 7.82. The van der Waals surface area contributed by atoms with Crippen molar-refractivity contribution in [1.82, 2.24) is 0 Å². The van der Waals surface area contributed by atoms with Gasteiger partial charge in [-0.05, 0) is 70.9 Å². The van der Waals surface area contributed by atoms with Crippen molar-refractivity contribution < 1.29 is 9.18 Å². The molecule has 1 aliphatic rings. The molecule has 0 saturated carbocycles. The van der Waals surface area contributed by atoms with Gasteiger partial charge in [-0.25, -0.2) is 9.38 Å². The highest BCUT2D eigenvalue weighted by Crippen LogP contribution is 2.30. The summed E-state index contributed by atoms with van der Waals surface area (Å²) < 4.78 is 13.5. The molecule has 0 aliphatic carbocycles. The number of benzene rings is 4. The lowest BCUT2D eigenvalue weighted by atomic mass is 10.0. The summed E-state index contributed by atoms with van der Waals surface area (Å²) in [6, 6.07) is 26.8. The maximum Gasteiger partial charge on any atom is 0.282 e. The van der Waals surface area contributed by atoms with E-state index in [-0.39, 0.29) is 11.7 Å². The third-order valence-electron chi connectivity index (χ3n) is 5.16. The Morgan fingerprint density at radius 3 is 2.32 bits per heavy atom. The fourth-order valence-electron chi connectivity index (χ4n) is 3.66. The molecule has 0 saturated heterocycles. The summed E-state index contributed by atoms with van der Waals surface area (Å²) in [4.78, 5) is 19.6. The molecule has 1 aliphatic heterocycles. The molecule has 4 aromatic rings. The lowest BCUT2D eigenvalue weighted by Crippen LogP contribution is -2.32. The number of anilines is 1. The van der Waals surface area contributed by atoms with Crippen LogP contribution in [0.2, 0.25) is 5.02 Å². The molecule has 31 heavy (non-hydrogen) atoms. The SMILES string of the molecule is O=C1/C(=C\c2cccc3ccccc23)N=C(c2ccc(Cl)cc2)N1c1ccc(F)cc1. The number of amides is 1. The Bertz CT molecular complexity index is 1350. The van der Waals surface area contributed by atoms with Crippen LogP contribution in [0.1, 0.15) is 11.1 Å². The molecule has 5 rings (SSSR count). The van der Waals surface area contributed by atoms with Crippen LogP contribution in [0.25, 0.3) is 16.8 Å². The van der Waals surface area contributed by atoms with Crippen molar-refractivity contribution in [3.63, 3.8) is 0 Å². The molecule has 0 spiro atoms. The molecule has 0 fully saturated rings. The lowest BCUT2D eigenvalue weighted by molar-refractivity contribution is -0.113. The highest BCUT2D eigenvalue weighted by atomic mass is 35.5. The molecule has 1 amide bonds. The minimum absolute atomic E-state index is 0.274. The zero-order chi connectivity index (χ0) is 21.4. The van der Waals surface area contributed by atoms with Crippen LogP contribution >= 0.6 is 11.6 Å². The molecule has 0 unspecified atom stereocenters. The Morgan fingerprint density at radius 2 is 1.55 bits per heavy atom. The summed E-state index contributed by atoms with van der Waals surface area (Å²) in [6.07, 6.45) is 1.80. The van der Waals surface area contributed by atoms with Gasteiger partial charge in [-0.2, -0.15) is 0 Å². The van der Waals surface area contributed by atoms with Crippen molar-refractivity contribution in [3.05, 3.63) is 119 Å². The van der Waals surface area contributed by atoms with Crippen LogP contribution in [0.15, 0.2) is 102 Å². The topological polar surface area (TPSA) is 32.7 Å².